The van der Waals surface area contributed by atoms with Crippen LogP contribution >= 0.6 is 0 Å². The first-order valence-corrected chi connectivity index (χ1v) is 31.4. The van der Waals surface area contributed by atoms with Crippen molar-refractivity contribution in [2.75, 3.05) is 13.2 Å². The topological polar surface area (TPSA) is 95.9 Å². The number of aliphatic hydroxyl groups excluding tert-OH is 2. The molecule has 0 spiro atoms. The standard InChI is InChI=1S/C63H123NO5/c1-3-5-7-9-11-13-15-37-41-45-49-53-57-63(68)69-58-54-50-46-42-38-34-32-30-28-26-24-22-20-18-16-17-19-21-23-25-27-29-31-33-36-40-44-48-52-56-62(67)64-60(59-65)61(66)55-51-47-43-39-35-14-12-10-8-6-4-2/h11,13,60-61,65-66H,3-10,12,14-59H2,1-2H3,(H,64,67)/b13-11-. The van der Waals surface area contributed by atoms with Crippen LogP contribution in [0.1, 0.15) is 354 Å². The minimum absolute atomic E-state index is 0.00972. The van der Waals surface area contributed by atoms with Crippen LogP contribution in [0.4, 0.5) is 0 Å². The lowest BCUT2D eigenvalue weighted by Crippen LogP contribution is -2.45. The first-order chi connectivity index (χ1) is 34.0. The van der Waals surface area contributed by atoms with Gasteiger partial charge in [-0.15, -0.1) is 0 Å². The Morgan fingerprint density at radius 1 is 0.391 bits per heavy atom. The lowest BCUT2D eigenvalue weighted by atomic mass is 10.0. The number of amides is 1. The van der Waals surface area contributed by atoms with Gasteiger partial charge in [0, 0.05) is 12.8 Å². The first kappa shape index (κ1) is 67.6. The van der Waals surface area contributed by atoms with Crippen molar-refractivity contribution in [3.63, 3.8) is 0 Å². The Kier molecular flexibility index (Phi) is 58.0. The molecule has 0 aromatic rings. The quantitative estimate of drug-likeness (QED) is 0.0321. The molecule has 6 nitrogen and oxygen atoms in total. The summed E-state index contributed by atoms with van der Waals surface area (Å²) >= 11 is 0. The molecule has 0 aliphatic rings. The number of carbonyl (C=O) groups is 2. The number of carbonyl (C=O) groups excluding carboxylic acids is 2. The summed E-state index contributed by atoms with van der Waals surface area (Å²) in [6, 6.07) is -0.536. The predicted molar refractivity (Wildman–Crippen MR) is 301 cm³/mol. The third kappa shape index (κ3) is 55.8. The fourth-order valence-corrected chi connectivity index (χ4v) is 9.99. The van der Waals surface area contributed by atoms with Crippen LogP contribution in [0.15, 0.2) is 12.2 Å². The molecule has 0 rings (SSSR count). The van der Waals surface area contributed by atoms with Gasteiger partial charge in [0.1, 0.15) is 0 Å². The molecule has 2 atom stereocenters. The van der Waals surface area contributed by atoms with E-state index >= 15 is 0 Å². The molecule has 6 heteroatoms. The third-order valence-electron chi connectivity index (χ3n) is 14.8. The SMILES string of the molecule is CCCCC/C=C\CCCCCCCC(=O)OCCCCCCCCCCCCCCCCCCCCCCCCCCCCCCCC(=O)NC(CO)C(O)CCCCCCCCCCCCC. The van der Waals surface area contributed by atoms with Crippen molar-refractivity contribution in [1.29, 1.82) is 0 Å². The molecule has 0 fully saturated rings. The molecule has 0 bridgehead atoms. The van der Waals surface area contributed by atoms with Crippen molar-refractivity contribution < 1.29 is 24.5 Å². The van der Waals surface area contributed by atoms with E-state index in [2.05, 4.69) is 31.3 Å². The second-order valence-electron chi connectivity index (χ2n) is 21.7. The number of esters is 1. The molecule has 0 aliphatic carbocycles. The van der Waals surface area contributed by atoms with E-state index in [0.29, 0.717) is 25.9 Å². The minimum Gasteiger partial charge on any atom is -0.466 e. The molecule has 0 aliphatic heterocycles. The smallest absolute Gasteiger partial charge is 0.305 e. The van der Waals surface area contributed by atoms with Gasteiger partial charge in [0.05, 0.1) is 25.4 Å². The van der Waals surface area contributed by atoms with Gasteiger partial charge < -0.3 is 20.3 Å². The number of hydrogen-bond donors (Lipinski definition) is 3. The monoisotopic (exact) mass is 974 g/mol. The lowest BCUT2D eigenvalue weighted by Gasteiger charge is -2.22. The average molecular weight is 975 g/mol. The maximum Gasteiger partial charge on any atom is 0.305 e. The van der Waals surface area contributed by atoms with Crippen LogP contribution in [0.25, 0.3) is 0 Å². The lowest BCUT2D eigenvalue weighted by molar-refractivity contribution is -0.143. The molecular weight excluding hydrogens is 851 g/mol. The van der Waals surface area contributed by atoms with Crippen LogP contribution < -0.4 is 5.32 Å². The Hall–Kier alpha value is -1.40. The van der Waals surface area contributed by atoms with Gasteiger partial charge in [0.15, 0.2) is 0 Å². The van der Waals surface area contributed by atoms with Gasteiger partial charge in [0.25, 0.3) is 0 Å². The van der Waals surface area contributed by atoms with Crippen LogP contribution in [-0.2, 0) is 14.3 Å². The summed E-state index contributed by atoms with van der Waals surface area (Å²) < 4.78 is 5.47. The summed E-state index contributed by atoms with van der Waals surface area (Å²) in [4.78, 5) is 24.5. The normalized spacial score (nSPS) is 12.6. The van der Waals surface area contributed by atoms with Crippen molar-refractivity contribution in [2.24, 2.45) is 0 Å². The number of unbranched alkanes of at least 4 members (excludes halogenated alkanes) is 46. The van der Waals surface area contributed by atoms with Crippen molar-refractivity contribution in [1.82, 2.24) is 5.32 Å². The highest BCUT2D eigenvalue weighted by atomic mass is 16.5. The molecule has 0 saturated heterocycles. The summed E-state index contributed by atoms with van der Waals surface area (Å²) in [5, 5.41) is 23.2. The summed E-state index contributed by atoms with van der Waals surface area (Å²) in [6.07, 6.45) is 71.0. The Morgan fingerprint density at radius 3 is 1.06 bits per heavy atom. The van der Waals surface area contributed by atoms with E-state index in [9.17, 15) is 19.8 Å². The van der Waals surface area contributed by atoms with E-state index in [1.807, 2.05) is 0 Å². The first-order valence-electron chi connectivity index (χ1n) is 31.4. The average Bonchev–Trinajstić information content (AvgIpc) is 3.35. The number of allylic oxidation sites excluding steroid dienone is 2. The van der Waals surface area contributed by atoms with Gasteiger partial charge in [-0.2, -0.15) is 0 Å². The molecule has 3 N–H and O–H groups in total. The number of aliphatic hydroxyl groups is 2. The molecule has 0 heterocycles. The molecule has 69 heavy (non-hydrogen) atoms. The largest absolute Gasteiger partial charge is 0.466 e. The van der Waals surface area contributed by atoms with Crippen LogP contribution in [0.2, 0.25) is 0 Å². The van der Waals surface area contributed by atoms with Crippen molar-refractivity contribution in [2.45, 2.75) is 366 Å². The fraction of sp³-hybridized carbons (Fsp3) is 0.937. The van der Waals surface area contributed by atoms with Gasteiger partial charge in [0.2, 0.25) is 5.91 Å². The Morgan fingerprint density at radius 2 is 0.681 bits per heavy atom. The molecule has 1 amide bonds. The Balaban J connectivity index is 3.31. The minimum atomic E-state index is -0.659. The summed E-state index contributed by atoms with van der Waals surface area (Å²) in [5.74, 6) is -0.0211. The van der Waals surface area contributed by atoms with Crippen LogP contribution in [0, 0.1) is 0 Å². The van der Waals surface area contributed by atoms with E-state index in [-0.39, 0.29) is 18.5 Å². The summed E-state index contributed by atoms with van der Waals surface area (Å²) in [5.41, 5.74) is 0. The van der Waals surface area contributed by atoms with Gasteiger partial charge >= 0.3 is 5.97 Å². The zero-order valence-electron chi connectivity index (χ0n) is 46.8. The van der Waals surface area contributed by atoms with Crippen LogP contribution in [0.5, 0.6) is 0 Å². The number of ether oxygens (including phenoxy) is 1. The highest BCUT2D eigenvalue weighted by Gasteiger charge is 2.20. The van der Waals surface area contributed by atoms with Crippen molar-refractivity contribution in [3.8, 4) is 0 Å². The third-order valence-corrected chi connectivity index (χ3v) is 14.8. The zero-order chi connectivity index (χ0) is 50.0. The van der Waals surface area contributed by atoms with Crippen molar-refractivity contribution in [3.05, 3.63) is 12.2 Å². The molecular formula is C63H123NO5. The van der Waals surface area contributed by atoms with E-state index in [1.54, 1.807) is 0 Å². The van der Waals surface area contributed by atoms with Gasteiger partial charge in [-0.25, -0.2) is 0 Å². The summed E-state index contributed by atoms with van der Waals surface area (Å²) in [6.45, 7) is 4.94. The molecule has 0 aromatic heterocycles. The molecule has 2 unspecified atom stereocenters. The number of rotatable bonds is 59. The van der Waals surface area contributed by atoms with Gasteiger partial charge in [-0.05, 0) is 51.4 Å². The molecule has 0 aromatic carbocycles. The summed E-state index contributed by atoms with van der Waals surface area (Å²) in [7, 11) is 0. The highest BCUT2D eigenvalue weighted by molar-refractivity contribution is 5.76. The fourth-order valence-electron chi connectivity index (χ4n) is 9.99. The van der Waals surface area contributed by atoms with E-state index in [1.165, 1.54) is 276 Å². The van der Waals surface area contributed by atoms with E-state index in [4.69, 9.17) is 4.74 Å². The van der Waals surface area contributed by atoms with Crippen LogP contribution in [0.3, 0.4) is 0 Å². The maximum absolute atomic E-state index is 12.4. The molecule has 0 radical (unpaired) electrons. The highest BCUT2D eigenvalue weighted by Crippen LogP contribution is 2.18. The van der Waals surface area contributed by atoms with E-state index < -0.39 is 12.1 Å². The van der Waals surface area contributed by atoms with Crippen molar-refractivity contribution >= 4 is 11.9 Å². The second kappa shape index (κ2) is 59.2. The Labute approximate surface area is 431 Å². The zero-order valence-corrected chi connectivity index (χ0v) is 46.8. The maximum atomic E-state index is 12.4. The van der Waals surface area contributed by atoms with Gasteiger partial charge in [-0.3, -0.25) is 9.59 Å². The van der Waals surface area contributed by atoms with Crippen LogP contribution in [-0.4, -0.2) is 47.4 Å². The van der Waals surface area contributed by atoms with E-state index in [0.717, 1.165) is 44.9 Å². The molecule has 0 saturated carbocycles. The van der Waals surface area contributed by atoms with Gasteiger partial charge in [-0.1, -0.05) is 302 Å². The molecule has 410 valence electrons. The number of nitrogens with one attached hydrogen (secondary N) is 1. The predicted octanol–water partition coefficient (Wildman–Crippen LogP) is 19.6. The number of hydrogen-bond acceptors (Lipinski definition) is 5. The second-order valence-corrected chi connectivity index (χ2v) is 21.7. The Bertz CT molecular complexity index is 1030.